The quantitative estimate of drug-likeness (QED) is 0.888. The number of ether oxygens (including phenoxy) is 1. The number of nitrogens with one attached hydrogen (secondary N) is 1. The molecule has 3 heterocycles. The molecule has 2 aliphatic rings. The Morgan fingerprint density at radius 1 is 1.33 bits per heavy atom. The molecule has 2 saturated heterocycles. The van der Waals surface area contributed by atoms with E-state index >= 15 is 0 Å². The third kappa shape index (κ3) is 2.57. The molecule has 5 heteroatoms. The smallest absolute Gasteiger partial charge is 0.244 e. The summed E-state index contributed by atoms with van der Waals surface area (Å²) in [4.78, 5) is 4.53. The lowest BCUT2D eigenvalue weighted by molar-refractivity contribution is 0.109. The van der Waals surface area contributed by atoms with E-state index in [2.05, 4.69) is 22.4 Å². The first-order valence-electron chi connectivity index (χ1n) is 7.00. The lowest BCUT2D eigenvalue weighted by Gasteiger charge is -2.26. The number of hydrogen-bond acceptors (Lipinski definition) is 5. The molecule has 18 heavy (non-hydrogen) atoms. The zero-order chi connectivity index (χ0) is 12.4. The van der Waals surface area contributed by atoms with Crippen molar-refractivity contribution in [2.45, 2.75) is 51.2 Å². The fraction of sp³-hybridized carbons (Fsp3) is 0.846. The van der Waals surface area contributed by atoms with Gasteiger partial charge in [0.15, 0.2) is 5.82 Å². The van der Waals surface area contributed by atoms with Gasteiger partial charge in [-0.2, -0.15) is 4.98 Å². The van der Waals surface area contributed by atoms with Crippen LogP contribution in [-0.4, -0.2) is 29.4 Å². The molecular formula is C13H21N3O2. The first kappa shape index (κ1) is 12.1. The van der Waals surface area contributed by atoms with E-state index in [1.165, 1.54) is 12.8 Å². The van der Waals surface area contributed by atoms with Gasteiger partial charge in [-0.05, 0) is 38.1 Å². The molecule has 1 aromatic heterocycles. The van der Waals surface area contributed by atoms with Crippen LogP contribution in [0.4, 0.5) is 0 Å². The molecule has 0 saturated carbocycles. The van der Waals surface area contributed by atoms with E-state index in [4.69, 9.17) is 9.26 Å². The second kappa shape index (κ2) is 5.36. The molecule has 2 aliphatic heterocycles. The average molecular weight is 251 g/mol. The van der Waals surface area contributed by atoms with Crippen LogP contribution in [0.5, 0.6) is 0 Å². The Morgan fingerprint density at radius 2 is 2.28 bits per heavy atom. The number of rotatable bonds is 3. The van der Waals surface area contributed by atoms with Crippen molar-refractivity contribution in [2.75, 3.05) is 13.2 Å². The molecule has 0 bridgehead atoms. The molecule has 3 unspecified atom stereocenters. The second-order valence-electron chi connectivity index (χ2n) is 5.44. The van der Waals surface area contributed by atoms with Crippen molar-refractivity contribution in [3.63, 3.8) is 0 Å². The van der Waals surface area contributed by atoms with Gasteiger partial charge in [0.2, 0.25) is 5.89 Å². The Hall–Kier alpha value is -0.940. The van der Waals surface area contributed by atoms with Crippen molar-refractivity contribution >= 4 is 0 Å². The molecule has 1 aromatic rings. The van der Waals surface area contributed by atoms with Crippen molar-refractivity contribution in [2.24, 2.45) is 5.92 Å². The van der Waals surface area contributed by atoms with E-state index < -0.39 is 0 Å². The number of aromatic nitrogens is 2. The molecule has 0 spiro atoms. The minimum Gasteiger partial charge on any atom is -0.378 e. The molecule has 0 amide bonds. The van der Waals surface area contributed by atoms with E-state index in [0.29, 0.717) is 5.92 Å². The Bertz CT molecular complexity index is 387. The molecule has 100 valence electrons. The van der Waals surface area contributed by atoms with E-state index in [0.717, 1.165) is 44.1 Å². The number of hydrogen-bond donors (Lipinski definition) is 1. The highest BCUT2D eigenvalue weighted by Gasteiger charge is 2.28. The van der Waals surface area contributed by atoms with Crippen molar-refractivity contribution in [1.82, 2.24) is 15.5 Å². The van der Waals surface area contributed by atoms with Crippen molar-refractivity contribution < 1.29 is 9.26 Å². The molecule has 3 atom stereocenters. The van der Waals surface area contributed by atoms with Crippen LogP contribution >= 0.6 is 0 Å². The first-order valence-corrected chi connectivity index (χ1v) is 7.00. The normalized spacial score (nSPS) is 32.8. The highest BCUT2D eigenvalue weighted by atomic mass is 16.5. The summed E-state index contributed by atoms with van der Waals surface area (Å²) in [6, 6.07) is 0.226. The predicted molar refractivity (Wildman–Crippen MR) is 66.1 cm³/mol. The number of piperidine rings is 1. The van der Waals surface area contributed by atoms with Gasteiger partial charge in [0.1, 0.15) is 0 Å². The zero-order valence-corrected chi connectivity index (χ0v) is 10.9. The maximum absolute atomic E-state index is 5.60. The summed E-state index contributed by atoms with van der Waals surface area (Å²) in [5.74, 6) is 2.10. The van der Waals surface area contributed by atoms with Crippen LogP contribution < -0.4 is 5.32 Å². The molecule has 1 N–H and O–H groups in total. The Kier molecular flexibility index (Phi) is 3.61. The SMILES string of the molecule is CC1CCCNC1c1nc(CC2CCCO2)no1. The van der Waals surface area contributed by atoms with Crippen molar-refractivity contribution in [3.05, 3.63) is 11.7 Å². The van der Waals surface area contributed by atoms with Gasteiger partial charge >= 0.3 is 0 Å². The van der Waals surface area contributed by atoms with E-state index in [1.807, 2.05) is 0 Å². The molecule has 0 aromatic carbocycles. The predicted octanol–water partition coefficient (Wildman–Crippen LogP) is 1.85. The molecule has 2 fully saturated rings. The van der Waals surface area contributed by atoms with Crippen LogP contribution in [0.2, 0.25) is 0 Å². The second-order valence-corrected chi connectivity index (χ2v) is 5.44. The maximum atomic E-state index is 5.60. The van der Waals surface area contributed by atoms with Crippen LogP contribution in [0.15, 0.2) is 4.52 Å². The van der Waals surface area contributed by atoms with Gasteiger partial charge in [-0.25, -0.2) is 0 Å². The molecule has 0 aliphatic carbocycles. The van der Waals surface area contributed by atoms with Gasteiger partial charge in [0.05, 0.1) is 12.1 Å². The fourth-order valence-electron chi connectivity index (χ4n) is 2.87. The topological polar surface area (TPSA) is 60.2 Å². The highest BCUT2D eigenvalue weighted by Crippen LogP contribution is 2.28. The summed E-state index contributed by atoms with van der Waals surface area (Å²) in [6.45, 7) is 4.15. The molecule has 5 nitrogen and oxygen atoms in total. The molecule has 3 rings (SSSR count). The van der Waals surface area contributed by atoms with Crippen LogP contribution in [0.25, 0.3) is 0 Å². The summed E-state index contributed by atoms with van der Waals surface area (Å²) in [6.07, 6.45) is 5.78. The van der Waals surface area contributed by atoms with Crippen molar-refractivity contribution in [3.8, 4) is 0 Å². The standard InChI is InChI=1S/C13H21N3O2/c1-9-4-2-6-14-12(9)13-15-11(16-18-13)8-10-5-3-7-17-10/h9-10,12,14H,2-8H2,1H3. The van der Waals surface area contributed by atoms with E-state index in [-0.39, 0.29) is 12.1 Å². The third-order valence-corrected chi connectivity index (χ3v) is 3.95. The van der Waals surface area contributed by atoms with Crippen LogP contribution in [-0.2, 0) is 11.2 Å². The van der Waals surface area contributed by atoms with Gasteiger partial charge in [0, 0.05) is 13.0 Å². The Morgan fingerprint density at radius 3 is 3.06 bits per heavy atom. The Balaban J connectivity index is 1.64. The molecule has 0 radical (unpaired) electrons. The zero-order valence-electron chi connectivity index (χ0n) is 10.9. The highest BCUT2D eigenvalue weighted by molar-refractivity contribution is 4.97. The van der Waals surface area contributed by atoms with Gasteiger partial charge in [-0.1, -0.05) is 12.1 Å². The molecular weight excluding hydrogens is 230 g/mol. The summed E-state index contributed by atoms with van der Waals surface area (Å²) < 4.78 is 11.0. The van der Waals surface area contributed by atoms with E-state index in [9.17, 15) is 0 Å². The first-order chi connectivity index (χ1) is 8.83. The minimum atomic E-state index is 0.226. The summed E-state index contributed by atoms with van der Waals surface area (Å²) in [5.41, 5.74) is 0. The lowest BCUT2D eigenvalue weighted by Crippen LogP contribution is -2.33. The van der Waals surface area contributed by atoms with Gasteiger partial charge < -0.3 is 14.6 Å². The number of nitrogens with zero attached hydrogens (tertiary/aromatic N) is 2. The van der Waals surface area contributed by atoms with Crippen LogP contribution in [0.3, 0.4) is 0 Å². The summed E-state index contributed by atoms with van der Waals surface area (Å²) >= 11 is 0. The third-order valence-electron chi connectivity index (χ3n) is 3.95. The van der Waals surface area contributed by atoms with Crippen LogP contribution in [0, 0.1) is 5.92 Å². The van der Waals surface area contributed by atoms with Gasteiger partial charge in [-0.3, -0.25) is 0 Å². The monoisotopic (exact) mass is 251 g/mol. The van der Waals surface area contributed by atoms with Crippen molar-refractivity contribution in [1.29, 1.82) is 0 Å². The van der Waals surface area contributed by atoms with E-state index in [1.54, 1.807) is 0 Å². The van der Waals surface area contributed by atoms with Gasteiger partial charge in [0.25, 0.3) is 0 Å². The average Bonchev–Trinajstić information content (AvgIpc) is 3.02. The van der Waals surface area contributed by atoms with Gasteiger partial charge in [-0.15, -0.1) is 0 Å². The maximum Gasteiger partial charge on any atom is 0.244 e. The summed E-state index contributed by atoms with van der Waals surface area (Å²) in [7, 11) is 0. The minimum absolute atomic E-state index is 0.226. The largest absolute Gasteiger partial charge is 0.378 e. The fourth-order valence-corrected chi connectivity index (χ4v) is 2.87. The summed E-state index contributed by atoms with van der Waals surface area (Å²) in [5, 5.41) is 7.55. The Labute approximate surface area is 107 Å². The van der Waals surface area contributed by atoms with Crippen LogP contribution in [0.1, 0.15) is 50.4 Å². The lowest BCUT2D eigenvalue weighted by atomic mass is 9.93.